The van der Waals surface area contributed by atoms with Crippen molar-refractivity contribution in [1.82, 2.24) is 0 Å². The van der Waals surface area contributed by atoms with Crippen LogP contribution in [0.4, 0.5) is 0 Å². The fourth-order valence-electron chi connectivity index (χ4n) is 1.70. The van der Waals surface area contributed by atoms with Crippen molar-refractivity contribution < 1.29 is 19.1 Å². The molecular formula is C15H20O4. The molecular weight excluding hydrogens is 244 g/mol. The number of carbonyl (C=O) groups is 2. The van der Waals surface area contributed by atoms with Gasteiger partial charge >= 0.3 is 5.97 Å². The molecule has 0 amide bonds. The first-order valence-electron chi connectivity index (χ1n) is 6.40. The first kappa shape index (κ1) is 15.2. The average molecular weight is 264 g/mol. The van der Waals surface area contributed by atoms with E-state index in [-0.39, 0.29) is 24.9 Å². The first-order valence-corrected chi connectivity index (χ1v) is 6.40. The molecule has 0 bridgehead atoms. The van der Waals surface area contributed by atoms with Crippen LogP contribution in [-0.2, 0) is 9.53 Å². The molecule has 1 aromatic carbocycles. The Bertz CT molecular complexity index is 463. The number of hydrogen-bond acceptors (Lipinski definition) is 4. The van der Waals surface area contributed by atoms with Gasteiger partial charge in [0.15, 0.2) is 5.78 Å². The van der Waals surface area contributed by atoms with Gasteiger partial charge in [-0.25, -0.2) is 0 Å². The van der Waals surface area contributed by atoms with E-state index in [2.05, 4.69) is 0 Å². The molecule has 0 heterocycles. The van der Waals surface area contributed by atoms with Gasteiger partial charge < -0.3 is 9.47 Å². The zero-order valence-electron chi connectivity index (χ0n) is 11.9. The van der Waals surface area contributed by atoms with Crippen molar-refractivity contribution in [3.8, 4) is 5.75 Å². The number of Topliss-reactive ketones (excluding diaryl/α,β-unsaturated/α-hetero) is 1. The minimum absolute atomic E-state index is 0.0322. The van der Waals surface area contributed by atoms with Crippen molar-refractivity contribution in [2.75, 3.05) is 6.61 Å². The highest BCUT2D eigenvalue weighted by molar-refractivity contribution is 6.07. The Labute approximate surface area is 113 Å². The molecule has 0 aliphatic heterocycles. The van der Waals surface area contributed by atoms with E-state index < -0.39 is 5.97 Å². The number of ether oxygens (including phenoxy) is 2. The summed E-state index contributed by atoms with van der Waals surface area (Å²) in [5.74, 6) is -0.242. The second kappa shape index (κ2) is 6.92. The van der Waals surface area contributed by atoms with Crippen molar-refractivity contribution in [1.29, 1.82) is 0 Å². The number of para-hydroxylation sites is 1. The third-order valence-electron chi connectivity index (χ3n) is 2.48. The number of ketones is 1. The molecule has 1 rings (SSSR count). The van der Waals surface area contributed by atoms with Gasteiger partial charge in [0.2, 0.25) is 0 Å². The quantitative estimate of drug-likeness (QED) is 0.450. The SMILES string of the molecule is CCOC(=O)CC(=O)c1cccc(C)c1OC(C)C. The van der Waals surface area contributed by atoms with Gasteiger partial charge in [0.25, 0.3) is 0 Å². The standard InChI is InChI=1S/C15H20O4/c1-5-18-14(17)9-13(16)12-8-6-7-11(4)15(12)19-10(2)3/h6-8,10H,5,9H2,1-4H3. The summed E-state index contributed by atoms with van der Waals surface area (Å²) >= 11 is 0. The normalized spacial score (nSPS) is 10.4. The fraction of sp³-hybridized carbons (Fsp3) is 0.467. The van der Waals surface area contributed by atoms with Gasteiger partial charge in [0.05, 0.1) is 18.3 Å². The minimum Gasteiger partial charge on any atom is -0.490 e. The Balaban J connectivity index is 2.96. The molecule has 0 saturated heterocycles. The van der Waals surface area contributed by atoms with Crippen LogP contribution in [0, 0.1) is 6.92 Å². The zero-order valence-corrected chi connectivity index (χ0v) is 11.9. The van der Waals surface area contributed by atoms with Gasteiger partial charge in [-0.2, -0.15) is 0 Å². The van der Waals surface area contributed by atoms with E-state index >= 15 is 0 Å². The second-order valence-electron chi connectivity index (χ2n) is 4.52. The summed E-state index contributed by atoms with van der Waals surface area (Å²) in [6.07, 6.45) is -0.290. The van der Waals surface area contributed by atoms with E-state index in [1.807, 2.05) is 26.8 Å². The van der Waals surface area contributed by atoms with Crippen molar-refractivity contribution in [3.63, 3.8) is 0 Å². The first-order chi connectivity index (χ1) is 8.95. The van der Waals surface area contributed by atoms with Gasteiger partial charge in [-0.1, -0.05) is 12.1 Å². The molecule has 0 N–H and O–H groups in total. The van der Waals surface area contributed by atoms with Gasteiger partial charge in [-0.15, -0.1) is 0 Å². The second-order valence-corrected chi connectivity index (χ2v) is 4.52. The van der Waals surface area contributed by atoms with Crippen LogP contribution in [0.3, 0.4) is 0 Å². The maximum Gasteiger partial charge on any atom is 0.313 e. The van der Waals surface area contributed by atoms with Crippen molar-refractivity contribution in [2.24, 2.45) is 0 Å². The summed E-state index contributed by atoms with van der Waals surface area (Å²) < 4.78 is 10.5. The zero-order chi connectivity index (χ0) is 14.4. The van der Waals surface area contributed by atoms with Crippen LogP contribution < -0.4 is 4.74 Å². The van der Waals surface area contributed by atoms with E-state index in [1.54, 1.807) is 19.1 Å². The van der Waals surface area contributed by atoms with Crippen molar-refractivity contribution in [3.05, 3.63) is 29.3 Å². The number of benzene rings is 1. The molecule has 0 unspecified atom stereocenters. The number of hydrogen-bond donors (Lipinski definition) is 0. The van der Waals surface area contributed by atoms with Crippen molar-refractivity contribution in [2.45, 2.75) is 40.2 Å². The van der Waals surface area contributed by atoms with Crippen LogP contribution in [0.1, 0.15) is 43.1 Å². The minimum atomic E-state index is -0.510. The van der Waals surface area contributed by atoms with Crippen molar-refractivity contribution >= 4 is 11.8 Å². The highest BCUT2D eigenvalue weighted by Crippen LogP contribution is 2.25. The Morgan fingerprint density at radius 3 is 2.53 bits per heavy atom. The largest absolute Gasteiger partial charge is 0.490 e. The van der Waals surface area contributed by atoms with E-state index in [0.29, 0.717) is 11.3 Å². The molecule has 19 heavy (non-hydrogen) atoms. The monoisotopic (exact) mass is 264 g/mol. The third-order valence-corrected chi connectivity index (χ3v) is 2.48. The molecule has 1 aromatic rings. The maximum absolute atomic E-state index is 12.1. The average Bonchev–Trinajstić information content (AvgIpc) is 2.31. The Hall–Kier alpha value is -1.84. The van der Waals surface area contributed by atoms with Gasteiger partial charge in [-0.05, 0) is 39.3 Å². The van der Waals surface area contributed by atoms with E-state index in [9.17, 15) is 9.59 Å². The highest BCUT2D eigenvalue weighted by atomic mass is 16.5. The van der Waals surface area contributed by atoms with Gasteiger partial charge in [0, 0.05) is 0 Å². The number of rotatable bonds is 6. The van der Waals surface area contributed by atoms with Crippen LogP contribution >= 0.6 is 0 Å². The molecule has 0 aliphatic carbocycles. The summed E-state index contributed by atoms with van der Waals surface area (Å²) in [5, 5.41) is 0. The Morgan fingerprint density at radius 1 is 1.26 bits per heavy atom. The Kier molecular flexibility index (Phi) is 5.55. The number of esters is 1. The lowest BCUT2D eigenvalue weighted by Crippen LogP contribution is -2.15. The van der Waals surface area contributed by atoms with Crippen LogP contribution in [-0.4, -0.2) is 24.5 Å². The number of aryl methyl sites for hydroxylation is 1. The highest BCUT2D eigenvalue weighted by Gasteiger charge is 2.18. The van der Waals surface area contributed by atoms with Crippen LogP contribution in [0.2, 0.25) is 0 Å². The van der Waals surface area contributed by atoms with E-state index in [1.165, 1.54) is 0 Å². The molecule has 4 heteroatoms. The molecule has 0 radical (unpaired) electrons. The maximum atomic E-state index is 12.1. The predicted octanol–water partition coefficient (Wildman–Crippen LogP) is 2.92. The summed E-state index contributed by atoms with van der Waals surface area (Å²) in [7, 11) is 0. The summed E-state index contributed by atoms with van der Waals surface area (Å²) in [6, 6.07) is 5.33. The number of carbonyl (C=O) groups excluding carboxylic acids is 2. The molecule has 0 saturated carbocycles. The predicted molar refractivity (Wildman–Crippen MR) is 72.5 cm³/mol. The molecule has 0 aliphatic rings. The molecule has 0 fully saturated rings. The lowest BCUT2D eigenvalue weighted by Gasteiger charge is -2.15. The molecule has 104 valence electrons. The smallest absolute Gasteiger partial charge is 0.313 e. The summed E-state index contributed by atoms with van der Waals surface area (Å²) in [4.78, 5) is 23.5. The van der Waals surface area contributed by atoms with Gasteiger partial charge in [-0.3, -0.25) is 9.59 Å². The lowest BCUT2D eigenvalue weighted by molar-refractivity contribution is -0.141. The lowest BCUT2D eigenvalue weighted by atomic mass is 10.0. The summed E-state index contributed by atoms with van der Waals surface area (Å²) in [6.45, 7) is 7.65. The van der Waals surface area contributed by atoms with Gasteiger partial charge in [0.1, 0.15) is 12.2 Å². The topological polar surface area (TPSA) is 52.6 Å². The fourth-order valence-corrected chi connectivity index (χ4v) is 1.70. The van der Waals surface area contributed by atoms with E-state index in [0.717, 1.165) is 5.56 Å². The molecule has 0 aromatic heterocycles. The third kappa shape index (κ3) is 4.39. The summed E-state index contributed by atoms with van der Waals surface area (Å²) in [5.41, 5.74) is 1.31. The van der Waals surface area contributed by atoms with Crippen LogP contribution in [0.5, 0.6) is 5.75 Å². The van der Waals surface area contributed by atoms with Crippen LogP contribution in [0.25, 0.3) is 0 Å². The van der Waals surface area contributed by atoms with E-state index in [4.69, 9.17) is 9.47 Å². The van der Waals surface area contributed by atoms with Crippen LogP contribution in [0.15, 0.2) is 18.2 Å². The Morgan fingerprint density at radius 2 is 1.95 bits per heavy atom. The molecule has 0 spiro atoms. The molecule has 4 nitrogen and oxygen atoms in total. The molecule has 0 atom stereocenters.